The van der Waals surface area contributed by atoms with Gasteiger partial charge in [-0.15, -0.1) is 0 Å². The summed E-state index contributed by atoms with van der Waals surface area (Å²) in [5.41, 5.74) is 3.74. The Labute approximate surface area is 147 Å². The van der Waals surface area contributed by atoms with Gasteiger partial charge in [0.25, 0.3) is 5.91 Å². The lowest BCUT2D eigenvalue weighted by molar-refractivity contribution is -0.112. The third-order valence-corrected chi connectivity index (χ3v) is 4.12. The van der Waals surface area contributed by atoms with Crippen molar-refractivity contribution in [2.75, 3.05) is 5.32 Å². The SMILES string of the molecule is Cc1ccc(NC(=O)/C(C#N)=C/c2cccc3ccccc23)c(C)c1. The van der Waals surface area contributed by atoms with Gasteiger partial charge < -0.3 is 5.32 Å². The van der Waals surface area contributed by atoms with Crippen molar-refractivity contribution < 1.29 is 4.79 Å². The highest BCUT2D eigenvalue weighted by Gasteiger charge is 2.11. The van der Waals surface area contributed by atoms with Crippen molar-refractivity contribution in [2.45, 2.75) is 13.8 Å². The van der Waals surface area contributed by atoms with Gasteiger partial charge in [0, 0.05) is 5.69 Å². The summed E-state index contributed by atoms with van der Waals surface area (Å²) in [4.78, 5) is 12.5. The Morgan fingerprint density at radius 2 is 1.80 bits per heavy atom. The van der Waals surface area contributed by atoms with Gasteiger partial charge in [-0.3, -0.25) is 4.79 Å². The van der Waals surface area contributed by atoms with Crippen LogP contribution in [0.2, 0.25) is 0 Å². The number of fused-ring (bicyclic) bond motifs is 1. The van der Waals surface area contributed by atoms with E-state index in [0.717, 1.165) is 33.2 Å². The predicted octanol–water partition coefficient (Wildman–Crippen LogP) is 5.00. The number of hydrogen-bond acceptors (Lipinski definition) is 2. The molecule has 0 aromatic heterocycles. The summed E-state index contributed by atoms with van der Waals surface area (Å²) >= 11 is 0. The van der Waals surface area contributed by atoms with Crippen LogP contribution in [0, 0.1) is 25.2 Å². The van der Waals surface area contributed by atoms with E-state index in [-0.39, 0.29) is 5.57 Å². The molecule has 0 saturated carbocycles. The molecule has 0 aliphatic carbocycles. The third-order valence-electron chi connectivity index (χ3n) is 4.12. The summed E-state index contributed by atoms with van der Waals surface area (Å²) in [5.74, 6) is -0.401. The molecule has 3 aromatic carbocycles. The van der Waals surface area contributed by atoms with Gasteiger partial charge in [-0.05, 0) is 47.9 Å². The summed E-state index contributed by atoms with van der Waals surface area (Å²) in [5, 5.41) is 14.4. The van der Waals surface area contributed by atoms with E-state index in [1.165, 1.54) is 0 Å². The highest BCUT2D eigenvalue weighted by molar-refractivity contribution is 6.11. The number of hydrogen-bond donors (Lipinski definition) is 1. The maximum absolute atomic E-state index is 12.5. The first-order valence-corrected chi connectivity index (χ1v) is 8.06. The highest BCUT2D eigenvalue weighted by atomic mass is 16.1. The van der Waals surface area contributed by atoms with Gasteiger partial charge in [-0.1, -0.05) is 60.2 Å². The molecule has 0 radical (unpaired) electrons. The van der Waals surface area contributed by atoms with Crippen LogP contribution in [0.15, 0.2) is 66.2 Å². The molecule has 3 aromatic rings. The van der Waals surface area contributed by atoms with Gasteiger partial charge in [0.15, 0.2) is 0 Å². The zero-order valence-corrected chi connectivity index (χ0v) is 14.2. The van der Waals surface area contributed by atoms with E-state index in [0.29, 0.717) is 0 Å². The zero-order chi connectivity index (χ0) is 17.8. The van der Waals surface area contributed by atoms with Crippen LogP contribution in [0.1, 0.15) is 16.7 Å². The lowest BCUT2D eigenvalue weighted by Crippen LogP contribution is -2.14. The first-order chi connectivity index (χ1) is 12.1. The number of anilines is 1. The summed E-state index contributed by atoms with van der Waals surface area (Å²) in [7, 11) is 0. The van der Waals surface area contributed by atoms with Crippen LogP contribution in [0.3, 0.4) is 0 Å². The van der Waals surface area contributed by atoms with E-state index in [1.54, 1.807) is 6.08 Å². The number of nitrogens with zero attached hydrogens (tertiary/aromatic N) is 1. The minimum atomic E-state index is -0.401. The Morgan fingerprint density at radius 3 is 2.56 bits per heavy atom. The Hall–Kier alpha value is -3.38. The average Bonchev–Trinajstić information content (AvgIpc) is 2.62. The van der Waals surface area contributed by atoms with E-state index in [9.17, 15) is 10.1 Å². The molecule has 122 valence electrons. The van der Waals surface area contributed by atoms with Crippen molar-refractivity contribution in [2.24, 2.45) is 0 Å². The van der Waals surface area contributed by atoms with E-state index in [4.69, 9.17) is 0 Å². The second-order valence-electron chi connectivity index (χ2n) is 6.01. The molecule has 0 fully saturated rings. The van der Waals surface area contributed by atoms with Crippen molar-refractivity contribution in [1.82, 2.24) is 0 Å². The number of aryl methyl sites for hydroxylation is 2. The van der Waals surface area contributed by atoms with Gasteiger partial charge in [0.1, 0.15) is 11.6 Å². The van der Waals surface area contributed by atoms with E-state index < -0.39 is 5.91 Å². The molecule has 0 bridgehead atoms. The van der Waals surface area contributed by atoms with E-state index in [1.807, 2.05) is 80.6 Å². The van der Waals surface area contributed by atoms with Gasteiger partial charge in [-0.2, -0.15) is 5.26 Å². The molecule has 0 unspecified atom stereocenters. The lowest BCUT2D eigenvalue weighted by Gasteiger charge is -2.09. The summed E-state index contributed by atoms with van der Waals surface area (Å²) in [6.45, 7) is 3.93. The van der Waals surface area contributed by atoms with Gasteiger partial charge >= 0.3 is 0 Å². The van der Waals surface area contributed by atoms with Crippen LogP contribution < -0.4 is 5.32 Å². The molecule has 0 saturated heterocycles. The largest absolute Gasteiger partial charge is 0.321 e. The molecule has 1 amide bonds. The van der Waals surface area contributed by atoms with E-state index in [2.05, 4.69) is 5.32 Å². The highest BCUT2D eigenvalue weighted by Crippen LogP contribution is 2.22. The normalized spacial score (nSPS) is 11.2. The number of carbonyl (C=O) groups is 1. The van der Waals surface area contributed by atoms with Crippen LogP contribution in [0.4, 0.5) is 5.69 Å². The third kappa shape index (κ3) is 3.59. The second kappa shape index (κ2) is 7.02. The molecular weight excluding hydrogens is 308 g/mol. The number of rotatable bonds is 3. The minimum absolute atomic E-state index is 0.0799. The molecule has 3 heteroatoms. The number of nitrogens with one attached hydrogen (secondary N) is 1. The molecule has 1 N–H and O–H groups in total. The molecular formula is C22H18N2O. The van der Waals surface area contributed by atoms with Crippen LogP contribution in [-0.4, -0.2) is 5.91 Å². The van der Waals surface area contributed by atoms with Crippen LogP contribution in [0.25, 0.3) is 16.8 Å². The van der Waals surface area contributed by atoms with Crippen molar-refractivity contribution in [3.8, 4) is 6.07 Å². The van der Waals surface area contributed by atoms with Crippen molar-refractivity contribution in [1.29, 1.82) is 5.26 Å². The number of amides is 1. The maximum atomic E-state index is 12.5. The number of carbonyl (C=O) groups excluding carboxylic acids is 1. The Kier molecular flexibility index (Phi) is 4.63. The van der Waals surface area contributed by atoms with Crippen LogP contribution in [-0.2, 0) is 4.79 Å². The summed E-state index contributed by atoms with van der Waals surface area (Å²) < 4.78 is 0. The number of benzene rings is 3. The van der Waals surface area contributed by atoms with Crippen molar-refractivity contribution in [3.63, 3.8) is 0 Å². The molecule has 3 rings (SSSR count). The van der Waals surface area contributed by atoms with Gasteiger partial charge in [0.05, 0.1) is 0 Å². The quantitative estimate of drug-likeness (QED) is 0.544. The molecule has 25 heavy (non-hydrogen) atoms. The second-order valence-corrected chi connectivity index (χ2v) is 6.01. The first-order valence-electron chi connectivity index (χ1n) is 8.06. The Bertz CT molecular complexity index is 1020. The molecule has 0 aliphatic heterocycles. The standard InChI is InChI=1S/C22H18N2O/c1-15-10-11-21(16(2)12-15)24-22(25)19(14-23)13-18-8-5-7-17-6-3-4-9-20(17)18/h3-13H,1-2H3,(H,24,25)/b19-13+. The topological polar surface area (TPSA) is 52.9 Å². The van der Waals surface area contributed by atoms with Crippen LogP contribution >= 0.6 is 0 Å². The first kappa shape index (κ1) is 16.5. The van der Waals surface area contributed by atoms with Crippen LogP contribution in [0.5, 0.6) is 0 Å². The molecule has 0 heterocycles. The predicted molar refractivity (Wildman–Crippen MR) is 102 cm³/mol. The molecule has 0 atom stereocenters. The van der Waals surface area contributed by atoms with Gasteiger partial charge in [0.2, 0.25) is 0 Å². The molecule has 0 aliphatic rings. The fraction of sp³-hybridized carbons (Fsp3) is 0.0909. The van der Waals surface area contributed by atoms with Crippen molar-refractivity contribution in [3.05, 3.63) is 82.9 Å². The minimum Gasteiger partial charge on any atom is -0.321 e. The lowest BCUT2D eigenvalue weighted by atomic mass is 10.0. The molecule has 3 nitrogen and oxygen atoms in total. The molecule has 0 spiro atoms. The summed E-state index contributed by atoms with van der Waals surface area (Å²) in [6, 6.07) is 21.5. The van der Waals surface area contributed by atoms with Gasteiger partial charge in [-0.25, -0.2) is 0 Å². The Morgan fingerprint density at radius 1 is 1.04 bits per heavy atom. The van der Waals surface area contributed by atoms with E-state index >= 15 is 0 Å². The smallest absolute Gasteiger partial charge is 0.266 e. The number of nitriles is 1. The Balaban J connectivity index is 1.94. The van der Waals surface area contributed by atoms with Crippen molar-refractivity contribution >= 4 is 28.4 Å². The maximum Gasteiger partial charge on any atom is 0.266 e. The zero-order valence-electron chi connectivity index (χ0n) is 14.2. The fourth-order valence-corrected chi connectivity index (χ4v) is 2.82. The average molecular weight is 326 g/mol. The summed E-state index contributed by atoms with van der Waals surface area (Å²) in [6.07, 6.45) is 1.64. The monoisotopic (exact) mass is 326 g/mol. The fourth-order valence-electron chi connectivity index (χ4n) is 2.82.